The molecule has 0 aliphatic carbocycles. The maximum absolute atomic E-state index is 12.4. The molecule has 0 unspecified atom stereocenters. The third-order valence-corrected chi connectivity index (χ3v) is 3.39. The highest BCUT2D eigenvalue weighted by molar-refractivity contribution is 5.87. The number of ether oxygens (including phenoxy) is 1. The van der Waals surface area contributed by atoms with E-state index in [1.165, 1.54) is 0 Å². The van der Waals surface area contributed by atoms with Gasteiger partial charge < -0.3 is 4.74 Å². The molecular weight excluding hydrogens is 236 g/mol. The molecule has 0 saturated carbocycles. The molecule has 0 atom stereocenters. The van der Waals surface area contributed by atoms with Gasteiger partial charge in [-0.25, -0.2) is 0 Å². The molecule has 0 saturated heterocycles. The molecule has 0 heterocycles. The topological polar surface area (TPSA) is 26.3 Å². The highest BCUT2D eigenvalue weighted by Crippen LogP contribution is 2.33. The highest BCUT2D eigenvalue weighted by Gasteiger charge is 2.38. The van der Waals surface area contributed by atoms with E-state index >= 15 is 0 Å². The molecule has 0 spiro atoms. The van der Waals surface area contributed by atoms with E-state index in [1.807, 2.05) is 74.5 Å². The van der Waals surface area contributed by atoms with Crippen LogP contribution < -0.4 is 0 Å². The fourth-order valence-electron chi connectivity index (χ4n) is 2.22. The van der Waals surface area contributed by atoms with E-state index in [0.29, 0.717) is 6.61 Å². The zero-order chi connectivity index (χ0) is 13.7. The Morgan fingerprint density at radius 1 is 0.947 bits per heavy atom. The van der Waals surface area contributed by atoms with Gasteiger partial charge in [-0.3, -0.25) is 4.79 Å². The van der Waals surface area contributed by atoms with Crippen LogP contribution in [0.2, 0.25) is 0 Å². The summed E-state index contributed by atoms with van der Waals surface area (Å²) in [5.74, 6) is -0.215. The van der Waals surface area contributed by atoms with Gasteiger partial charge in [-0.15, -0.1) is 0 Å². The summed E-state index contributed by atoms with van der Waals surface area (Å²) in [5, 5.41) is 0. The van der Waals surface area contributed by atoms with E-state index in [4.69, 9.17) is 4.74 Å². The first kappa shape index (κ1) is 13.3. The molecule has 2 nitrogen and oxygen atoms in total. The van der Waals surface area contributed by atoms with E-state index in [0.717, 1.165) is 11.1 Å². The molecule has 19 heavy (non-hydrogen) atoms. The number of hydrogen-bond acceptors (Lipinski definition) is 2. The van der Waals surface area contributed by atoms with E-state index in [-0.39, 0.29) is 5.97 Å². The standard InChI is InChI=1S/C17H18O2/c1-3-19-16(18)17(2,14-10-6-4-7-11-14)15-12-8-5-9-13-15/h4-13H,3H2,1-2H3. The molecule has 2 aromatic carbocycles. The predicted molar refractivity (Wildman–Crippen MR) is 76.0 cm³/mol. The smallest absolute Gasteiger partial charge is 0.320 e. The average Bonchev–Trinajstić information content (AvgIpc) is 2.48. The second-order valence-corrected chi connectivity index (χ2v) is 4.58. The van der Waals surface area contributed by atoms with Crippen molar-refractivity contribution in [3.8, 4) is 0 Å². The lowest BCUT2D eigenvalue weighted by Crippen LogP contribution is -2.35. The number of esters is 1. The number of rotatable bonds is 4. The lowest BCUT2D eigenvalue weighted by Gasteiger charge is -2.28. The van der Waals surface area contributed by atoms with Crippen LogP contribution in [-0.2, 0) is 14.9 Å². The Labute approximate surface area is 114 Å². The summed E-state index contributed by atoms with van der Waals surface area (Å²) in [6.07, 6.45) is 0. The molecular formula is C17H18O2. The van der Waals surface area contributed by atoms with Crippen molar-refractivity contribution in [1.82, 2.24) is 0 Å². The highest BCUT2D eigenvalue weighted by atomic mass is 16.5. The summed E-state index contributed by atoms with van der Waals surface area (Å²) in [7, 11) is 0. The van der Waals surface area contributed by atoms with Crippen molar-refractivity contribution in [2.24, 2.45) is 0 Å². The molecule has 0 aliphatic heterocycles. The SMILES string of the molecule is CCOC(=O)C(C)(c1ccccc1)c1ccccc1. The monoisotopic (exact) mass is 254 g/mol. The molecule has 0 radical (unpaired) electrons. The van der Waals surface area contributed by atoms with Gasteiger partial charge in [-0.1, -0.05) is 60.7 Å². The Balaban J connectivity index is 2.54. The summed E-state index contributed by atoms with van der Waals surface area (Å²) in [6, 6.07) is 19.5. The van der Waals surface area contributed by atoms with Crippen LogP contribution in [0.15, 0.2) is 60.7 Å². The van der Waals surface area contributed by atoms with E-state index in [1.54, 1.807) is 0 Å². The van der Waals surface area contributed by atoms with Gasteiger partial charge in [0, 0.05) is 0 Å². The first-order valence-corrected chi connectivity index (χ1v) is 6.48. The van der Waals surface area contributed by atoms with Gasteiger partial charge in [0.25, 0.3) is 0 Å². The summed E-state index contributed by atoms with van der Waals surface area (Å²) < 4.78 is 5.28. The van der Waals surface area contributed by atoms with Gasteiger partial charge in [0.1, 0.15) is 5.41 Å². The number of hydrogen-bond donors (Lipinski definition) is 0. The van der Waals surface area contributed by atoms with E-state index in [9.17, 15) is 4.79 Å². The Morgan fingerprint density at radius 2 is 1.37 bits per heavy atom. The van der Waals surface area contributed by atoms with Crippen LogP contribution in [0.25, 0.3) is 0 Å². The first-order valence-electron chi connectivity index (χ1n) is 6.48. The molecule has 2 rings (SSSR count). The fraction of sp³-hybridized carbons (Fsp3) is 0.235. The van der Waals surface area contributed by atoms with Crippen LogP contribution in [0.3, 0.4) is 0 Å². The summed E-state index contributed by atoms with van der Waals surface area (Å²) in [4.78, 5) is 12.4. The summed E-state index contributed by atoms with van der Waals surface area (Å²) in [5.41, 5.74) is 1.12. The van der Waals surface area contributed by atoms with Crippen LogP contribution in [0, 0.1) is 0 Å². The van der Waals surface area contributed by atoms with Crippen LogP contribution in [0.1, 0.15) is 25.0 Å². The summed E-state index contributed by atoms with van der Waals surface area (Å²) in [6.45, 7) is 4.12. The molecule has 0 fully saturated rings. The van der Waals surface area contributed by atoms with Gasteiger partial charge in [0.2, 0.25) is 0 Å². The first-order chi connectivity index (χ1) is 9.19. The van der Waals surface area contributed by atoms with Crippen molar-refractivity contribution in [1.29, 1.82) is 0 Å². The van der Waals surface area contributed by atoms with Crippen LogP contribution in [-0.4, -0.2) is 12.6 Å². The summed E-state index contributed by atoms with van der Waals surface area (Å²) >= 11 is 0. The van der Waals surface area contributed by atoms with Gasteiger partial charge in [0.15, 0.2) is 0 Å². The van der Waals surface area contributed by atoms with E-state index < -0.39 is 5.41 Å². The maximum atomic E-state index is 12.4. The van der Waals surface area contributed by atoms with Crippen LogP contribution in [0.4, 0.5) is 0 Å². The predicted octanol–water partition coefficient (Wildman–Crippen LogP) is 3.56. The Bertz CT molecular complexity index is 492. The molecule has 0 aromatic heterocycles. The molecule has 0 amide bonds. The van der Waals surface area contributed by atoms with Crippen molar-refractivity contribution >= 4 is 5.97 Å². The van der Waals surface area contributed by atoms with Gasteiger partial charge in [0.05, 0.1) is 6.61 Å². The maximum Gasteiger partial charge on any atom is 0.320 e. The molecule has 2 heteroatoms. The van der Waals surface area contributed by atoms with E-state index in [2.05, 4.69) is 0 Å². The van der Waals surface area contributed by atoms with Crippen molar-refractivity contribution in [3.63, 3.8) is 0 Å². The van der Waals surface area contributed by atoms with Crippen molar-refractivity contribution in [2.75, 3.05) is 6.61 Å². The third kappa shape index (κ3) is 2.53. The zero-order valence-electron chi connectivity index (χ0n) is 11.3. The number of carbonyl (C=O) groups is 1. The zero-order valence-corrected chi connectivity index (χ0v) is 11.3. The molecule has 0 N–H and O–H groups in total. The van der Waals surface area contributed by atoms with Crippen LogP contribution >= 0.6 is 0 Å². The Morgan fingerprint density at radius 3 is 1.74 bits per heavy atom. The van der Waals surface area contributed by atoms with Gasteiger partial charge >= 0.3 is 5.97 Å². The second-order valence-electron chi connectivity index (χ2n) is 4.58. The quantitative estimate of drug-likeness (QED) is 0.780. The number of benzene rings is 2. The fourth-order valence-corrected chi connectivity index (χ4v) is 2.22. The largest absolute Gasteiger partial charge is 0.465 e. The minimum Gasteiger partial charge on any atom is -0.465 e. The van der Waals surface area contributed by atoms with Crippen molar-refractivity contribution in [2.45, 2.75) is 19.3 Å². The molecule has 98 valence electrons. The van der Waals surface area contributed by atoms with Gasteiger partial charge in [-0.2, -0.15) is 0 Å². The minimum atomic E-state index is -0.765. The second kappa shape index (κ2) is 5.70. The Kier molecular flexibility index (Phi) is 4.00. The van der Waals surface area contributed by atoms with Crippen molar-refractivity contribution in [3.05, 3.63) is 71.8 Å². The van der Waals surface area contributed by atoms with Gasteiger partial charge in [-0.05, 0) is 25.0 Å². The van der Waals surface area contributed by atoms with Crippen molar-refractivity contribution < 1.29 is 9.53 Å². The lowest BCUT2D eigenvalue weighted by molar-refractivity contribution is -0.147. The average molecular weight is 254 g/mol. The number of carbonyl (C=O) groups excluding carboxylic acids is 1. The van der Waals surface area contributed by atoms with Crippen LogP contribution in [0.5, 0.6) is 0 Å². The lowest BCUT2D eigenvalue weighted by atomic mass is 9.76. The third-order valence-electron chi connectivity index (χ3n) is 3.39. The minimum absolute atomic E-state index is 0.215. The molecule has 2 aromatic rings. The molecule has 0 aliphatic rings. The Hall–Kier alpha value is -2.09. The molecule has 0 bridgehead atoms. The normalized spacial score (nSPS) is 11.1.